The fourth-order valence-electron chi connectivity index (χ4n) is 6.67. The summed E-state index contributed by atoms with van der Waals surface area (Å²) in [5, 5.41) is 0. The first kappa shape index (κ1) is 20.6. The molecule has 0 N–H and O–H groups in total. The van der Waals surface area contributed by atoms with Crippen LogP contribution in [-0.2, 0) is 0 Å². The van der Waals surface area contributed by atoms with Crippen LogP contribution in [0.25, 0.3) is 0 Å². The Balaban J connectivity index is 1.15. The summed E-state index contributed by atoms with van der Waals surface area (Å²) in [6.07, 6.45) is 11.4. The summed E-state index contributed by atoms with van der Waals surface area (Å²) in [7, 11) is 0. The molecule has 2 unspecified atom stereocenters. The summed E-state index contributed by atoms with van der Waals surface area (Å²) >= 11 is 0. The van der Waals surface area contributed by atoms with E-state index in [1.807, 2.05) is 12.4 Å². The minimum Gasteiger partial charge on any atom is -0.487 e. The van der Waals surface area contributed by atoms with Crippen LogP contribution in [0.2, 0.25) is 0 Å². The Bertz CT molecular complexity index is 1170. The molecule has 1 aliphatic carbocycles. The van der Waals surface area contributed by atoms with Gasteiger partial charge in [0.15, 0.2) is 23.1 Å². The molecule has 178 valence electrons. The lowest BCUT2D eigenvalue weighted by molar-refractivity contribution is 0.263. The molecule has 5 aliphatic rings. The van der Waals surface area contributed by atoms with Crippen LogP contribution in [0.3, 0.4) is 0 Å². The van der Waals surface area contributed by atoms with Crippen LogP contribution in [-0.4, -0.2) is 48.4 Å². The number of hydrogen-bond donors (Lipinski definition) is 0. The molecule has 3 fully saturated rings. The molecule has 7 rings (SSSR count). The van der Waals surface area contributed by atoms with Gasteiger partial charge in [-0.1, -0.05) is 32.4 Å². The van der Waals surface area contributed by atoms with Gasteiger partial charge in [0.25, 0.3) is 0 Å². The maximum atomic E-state index is 6.38. The largest absolute Gasteiger partial charge is 0.487 e. The third kappa shape index (κ3) is 3.14. The number of allylic oxidation sites excluding steroid dienone is 1. The first-order valence-corrected chi connectivity index (χ1v) is 13.0. The SMILES string of the molecule is CC(C)c1ccnc2c1OCC1C/C(=C/C(C)c3ccnc4c3OC[C@H]3CC5(CC5)CN43)CN21. The first-order chi connectivity index (χ1) is 16.5. The molecule has 0 bridgehead atoms. The number of anilines is 2. The lowest BCUT2D eigenvalue weighted by atomic mass is 9.96. The van der Waals surface area contributed by atoms with Gasteiger partial charge in [-0.05, 0) is 49.1 Å². The minimum absolute atomic E-state index is 0.275. The van der Waals surface area contributed by atoms with Gasteiger partial charge in [0.05, 0.1) is 12.1 Å². The molecule has 2 saturated heterocycles. The standard InChI is InChI=1S/C28H34N4O2/c1-17(2)22-4-8-29-26-24(22)33-14-20-11-19(13-31(20)26)10-18(3)23-5-9-30-27-25(23)34-15-21-12-28(6-7-28)16-32(21)27/h4-5,8-10,17-18,20-21H,6-7,11-16H2,1-3H3/b19-10-/t18?,20?,21-/m1/s1. The Kier molecular flexibility index (Phi) is 4.46. The fourth-order valence-corrected chi connectivity index (χ4v) is 6.67. The molecule has 34 heavy (non-hydrogen) atoms. The van der Waals surface area contributed by atoms with Gasteiger partial charge in [-0.25, -0.2) is 9.97 Å². The van der Waals surface area contributed by atoms with Crippen molar-refractivity contribution in [2.45, 2.75) is 70.4 Å². The zero-order valence-electron chi connectivity index (χ0n) is 20.5. The maximum Gasteiger partial charge on any atom is 0.172 e. The molecule has 1 spiro atoms. The molecular formula is C28H34N4O2. The number of fused-ring (bicyclic) bond motifs is 6. The summed E-state index contributed by atoms with van der Waals surface area (Å²) in [4.78, 5) is 14.5. The molecule has 2 aromatic rings. The number of pyridine rings is 2. The first-order valence-electron chi connectivity index (χ1n) is 13.0. The monoisotopic (exact) mass is 458 g/mol. The topological polar surface area (TPSA) is 50.7 Å². The van der Waals surface area contributed by atoms with Gasteiger partial charge < -0.3 is 19.3 Å². The molecule has 6 heterocycles. The average Bonchev–Trinajstić information content (AvgIpc) is 3.28. The van der Waals surface area contributed by atoms with Crippen molar-refractivity contribution in [3.63, 3.8) is 0 Å². The molecule has 4 aliphatic heterocycles. The van der Waals surface area contributed by atoms with Gasteiger partial charge >= 0.3 is 0 Å². The van der Waals surface area contributed by atoms with Gasteiger partial charge in [0.1, 0.15) is 13.2 Å². The van der Waals surface area contributed by atoms with Crippen LogP contribution in [0.15, 0.2) is 36.2 Å². The Morgan fingerprint density at radius 1 is 0.941 bits per heavy atom. The van der Waals surface area contributed by atoms with Crippen LogP contribution < -0.4 is 19.3 Å². The second-order valence-electron chi connectivity index (χ2n) is 11.5. The van der Waals surface area contributed by atoms with E-state index in [4.69, 9.17) is 19.4 Å². The van der Waals surface area contributed by atoms with Crippen LogP contribution in [0.4, 0.5) is 11.6 Å². The highest BCUT2D eigenvalue weighted by molar-refractivity contribution is 5.63. The van der Waals surface area contributed by atoms with Crippen molar-refractivity contribution in [2.24, 2.45) is 5.41 Å². The van der Waals surface area contributed by atoms with E-state index in [1.54, 1.807) is 0 Å². The number of hydrogen-bond acceptors (Lipinski definition) is 6. The van der Waals surface area contributed by atoms with Crippen molar-refractivity contribution in [2.75, 3.05) is 36.1 Å². The molecule has 0 aromatic carbocycles. The Hall–Kier alpha value is -2.76. The van der Waals surface area contributed by atoms with Crippen LogP contribution >= 0.6 is 0 Å². The van der Waals surface area contributed by atoms with Gasteiger partial charge in [-0.15, -0.1) is 0 Å². The van der Waals surface area contributed by atoms with Crippen LogP contribution in [0.5, 0.6) is 11.5 Å². The van der Waals surface area contributed by atoms with Crippen molar-refractivity contribution in [1.29, 1.82) is 0 Å². The molecule has 1 saturated carbocycles. The summed E-state index contributed by atoms with van der Waals surface area (Å²) < 4.78 is 12.6. The van der Waals surface area contributed by atoms with E-state index >= 15 is 0 Å². The number of rotatable bonds is 3. The highest BCUT2D eigenvalue weighted by atomic mass is 16.5. The molecular weight excluding hydrogens is 424 g/mol. The second kappa shape index (κ2) is 7.37. The van der Waals surface area contributed by atoms with Crippen molar-refractivity contribution in [1.82, 2.24) is 9.97 Å². The van der Waals surface area contributed by atoms with E-state index in [2.05, 4.69) is 48.8 Å². The summed E-state index contributed by atoms with van der Waals surface area (Å²) in [5.41, 5.74) is 4.53. The summed E-state index contributed by atoms with van der Waals surface area (Å²) in [6.45, 7) is 10.3. The normalized spacial score (nSPS) is 27.7. The molecule has 0 radical (unpaired) electrons. The average molecular weight is 459 g/mol. The van der Waals surface area contributed by atoms with Crippen molar-refractivity contribution >= 4 is 11.6 Å². The maximum absolute atomic E-state index is 6.38. The molecule has 0 amide bonds. The van der Waals surface area contributed by atoms with Crippen molar-refractivity contribution in [3.05, 3.63) is 47.3 Å². The predicted molar refractivity (Wildman–Crippen MR) is 133 cm³/mol. The second-order valence-corrected chi connectivity index (χ2v) is 11.5. The Labute approximate surface area is 202 Å². The molecule has 6 heteroatoms. The van der Waals surface area contributed by atoms with E-state index in [-0.39, 0.29) is 5.92 Å². The van der Waals surface area contributed by atoms with E-state index in [9.17, 15) is 0 Å². The summed E-state index contributed by atoms with van der Waals surface area (Å²) in [6, 6.07) is 5.12. The van der Waals surface area contributed by atoms with Gasteiger partial charge in [0.2, 0.25) is 0 Å². The summed E-state index contributed by atoms with van der Waals surface area (Å²) in [5.74, 6) is 4.77. The highest BCUT2D eigenvalue weighted by Gasteiger charge is 2.54. The zero-order chi connectivity index (χ0) is 23.0. The number of ether oxygens (including phenoxy) is 2. The van der Waals surface area contributed by atoms with Gasteiger partial charge in [-0.2, -0.15) is 0 Å². The predicted octanol–water partition coefficient (Wildman–Crippen LogP) is 5.05. The Morgan fingerprint density at radius 3 is 2.35 bits per heavy atom. The van der Waals surface area contributed by atoms with E-state index in [0.29, 0.717) is 23.4 Å². The Morgan fingerprint density at radius 2 is 1.62 bits per heavy atom. The molecule has 2 aromatic heterocycles. The van der Waals surface area contributed by atoms with E-state index in [0.717, 1.165) is 55.9 Å². The van der Waals surface area contributed by atoms with E-state index in [1.165, 1.54) is 36.0 Å². The minimum atomic E-state index is 0.275. The van der Waals surface area contributed by atoms with Crippen molar-refractivity contribution in [3.8, 4) is 11.5 Å². The van der Waals surface area contributed by atoms with Crippen LogP contribution in [0, 0.1) is 5.41 Å². The lowest BCUT2D eigenvalue weighted by Gasteiger charge is -2.34. The van der Waals surface area contributed by atoms with Crippen molar-refractivity contribution < 1.29 is 9.47 Å². The quantitative estimate of drug-likeness (QED) is 0.600. The smallest absolute Gasteiger partial charge is 0.172 e. The third-order valence-corrected chi connectivity index (χ3v) is 8.70. The third-order valence-electron chi connectivity index (χ3n) is 8.70. The number of aromatic nitrogens is 2. The fraction of sp³-hybridized carbons (Fsp3) is 0.571. The molecule has 6 nitrogen and oxygen atoms in total. The number of nitrogens with zero attached hydrogens (tertiary/aromatic N) is 4. The lowest BCUT2D eigenvalue weighted by Crippen LogP contribution is -2.39. The molecule has 3 atom stereocenters. The van der Waals surface area contributed by atoms with Gasteiger partial charge in [-0.3, -0.25) is 0 Å². The highest BCUT2D eigenvalue weighted by Crippen LogP contribution is 2.57. The van der Waals surface area contributed by atoms with E-state index < -0.39 is 0 Å². The van der Waals surface area contributed by atoms with Gasteiger partial charge in [0, 0.05) is 42.5 Å². The van der Waals surface area contributed by atoms with Crippen LogP contribution in [0.1, 0.15) is 69.4 Å². The zero-order valence-corrected chi connectivity index (χ0v) is 20.5.